The number of unbranched alkanes of at least 4 members (excludes halogenated alkanes) is 1. The number of para-hydroxylation sites is 1. The topological polar surface area (TPSA) is 108 Å². The fraction of sp³-hybridized carbons (Fsp3) is 0.208. The molecule has 0 unspecified atom stereocenters. The third-order valence-corrected chi connectivity index (χ3v) is 5.53. The van der Waals surface area contributed by atoms with Gasteiger partial charge in [0.2, 0.25) is 0 Å². The largest absolute Gasteiger partial charge is 0.486 e. The van der Waals surface area contributed by atoms with Crippen LogP contribution in [-0.4, -0.2) is 33.2 Å². The Kier molecular flexibility index (Phi) is 5.62. The van der Waals surface area contributed by atoms with Crippen LogP contribution < -0.4 is 15.3 Å². The minimum absolute atomic E-state index is 0.106. The highest BCUT2D eigenvalue weighted by Crippen LogP contribution is 2.29. The summed E-state index contributed by atoms with van der Waals surface area (Å²) < 4.78 is 26.0. The van der Waals surface area contributed by atoms with Crippen LogP contribution in [0.4, 0.5) is 10.1 Å². The predicted octanol–water partition coefficient (Wildman–Crippen LogP) is 3.11. The molecular formula is C24H19FN4O5. The Morgan fingerprint density at radius 1 is 1.00 bits per heavy atom. The van der Waals surface area contributed by atoms with E-state index in [4.69, 9.17) is 9.15 Å². The number of benzene rings is 2. The van der Waals surface area contributed by atoms with Crippen molar-refractivity contribution in [2.75, 3.05) is 11.4 Å². The van der Waals surface area contributed by atoms with E-state index in [0.717, 1.165) is 6.07 Å². The number of anilines is 1. The number of ketones is 1. The van der Waals surface area contributed by atoms with Gasteiger partial charge >= 0.3 is 5.63 Å². The van der Waals surface area contributed by atoms with Crippen molar-refractivity contribution in [3.8, 4) is 5.75 Å². The summed E-state index contributed by atoms with van der Waals surface area (Å²) in [5.74, 6) is -1.45. The molecule has 0 saturated carbocycles. The number of rotatable bonds is 8. The number of aromatic nitrogens is 3. The molecule has 2 aromatic carbocycles. The highest BCUT2D eigenvalue weighted by molar-refractivity contribution is 6.52. The van der Waals surface area contributed by atoms with Crippen molar-refractivity contribution in [1.29, 1.82) is 0 Å². The molecule has 172 valence electrons. The van der Waals surface area contributed by atoms with Crippen LogP contribution in [0.2, 0.25) is 0 Å². The Labute approximate surface area is 192 Å². The number of fused-ring (bicyclic) bond motifs is 2. The maximum absolute atomic E-state index is 13.4. The lowest BCUT2D eigenvalue weighted by molar-refractivity contribution is -0.114. The zero-order valence-electron chi connectivity index (χ0n) is 17.9. The number of halogens is 1. The van der Waals surface area contributed by atoms with Crippen LogP contribution in [0.15, 0.2) is 63.9 Å². The van der Waals surface area contributed by atoms with Crippen LogP contribution in [0.3, 0.4) is 0 Å². The smallest absolute Gasteiger partial charge is 0.339 e. The number of nitrogens with zero attached hydrogens (tertiary/aromatic N) is 4. The Morgan fingerprint density at radius 2 is 1.82 bits per heavy atom. The lowest BCUT2D eigenvalue weighted by atomic mass is 10.1. The third kappa shape index (κ3) is 4.17. The van der Waals surface area contributed by atoms with Crippen molar-refractivity contribution in [3.63, 3.8) is 0 Å². The van der Waals surface area contributed by atoms with E-state index >= 15 is 0 Å². The van der Waals surface area contributed by atoms with Gasteiger partial charge in [0.05, 0.1) is 28.9 Å². The molecule has 0 spiro atoms. The first-order chi connectivity index (χ1) is 16.5. The third-order valence-electron chi connectivity index (χ3n) is 5.53. The van der Waals surface area contributed by atoms with E-state index in [1.165, 1.54) is 23.1 Å². The van der Waals surface area contributed by atoms with E-state index in [-0.39, 0.29) is 12.2 Å². The molecular weight excluding hydrogens is 443 g/mol. The quantitative estimate of drug-likeness (QED) is 0.225. The van der Waals surface area contributed by atoms with E-state index in [1.807, 2.05) is 6.07 Å². The summed E-state index contributed by atoms with van der Waals surface area (Å²) in [5, 5.41) is 8.86. The van der Waals surface area contributed by atoms with E-state index in [2.05, 4.69) is 10.3 Å². The van der Waals surface area contributed by atoms with Gasteiger partial charge in [-0.05, 0) is 43.2 Å². The summed E-state index contributed by atoms with van der Waals surface area (Å²) in [6.07, 6.45) is 3.05. The number of aryl methyl sites for hydroxylation is 1. The van der Waals surface area contributed by atoms with Gasteiger partial charge in [0, 0.05) is 13.1 Å². The van der Waals surface area contributed by atoms with Crippen molar-refractivity contribution in [2.45, 2.75) is 26.0 Å². The van der Waals surface area contributed by atoms with E-state index in [1.54, 1.807) is 29.1 Å². The molecule has 9 nitrogen and oxygen atoms in total. The second kappa shape index (κ2) is 8.89. The Morgan fingerprint density at radius 3 is 2.71 bits per heavy atom. The molecule has 0 radical (unpaired) electrons. The number of ether oxygens (including phenoxy) is 1. The van der Waals surface area contributed by atoms with Crippen LogP contribution in [0.1, 0.15) is 28.9 Å². The highest BCUT2D eigenvalue weighted by Gasteiger charge is 2.35. The van der Waals surface area contributed by atoms with Crippen molar-refractivity contribution < 1.29 is 23.1 Å². The summed E-state index contributed by atoms with van der Waals surface area (Å²) in [4.78, 5) is 37.4. The summed E-state index contributed by atoms with van der Waals surface area (Å²) in [5.41, 5.74) is 1.09. The molecule has 10 heteroatoms. The molecule has 5 rings (SSSR count). The number of hydrogen-bond acceptors (Lipinski definition) is 7. The van der Waals surface area contributed by atoms with E-state index in [9.17, 15) is 18.8 Å². The Balaban J connectivity index is 1.15. The first-order valence-electron chi connectivity index (χ1n) is 10.7. The van der Waals surface area contributed by atoms with Gasteiger partial charge in [-0.3, -0.25) is 14.3 Å². The minimum atomic E-state index is -0.681. The lowest BCUT2D eigenvalue weighted by Gasteiger charge is -2.16. The fourth-order valence-electron chi connectivity index (χ4n) is 3.91. The molecule has 4 aromatic rings. The standard InChI is InChI=1S/C24H19FN4O5/c25-15-7-8-19-18(11-15)23(31)24(32)29(19)10-4-3-9-28-13-16(26-27-28)14-33-21-12-22(30)34-20-6-2-1-5-17(20)21/h1-2,5-8,11-13H,3-4,9-10,14H2. The van der Waals surface area contributed by atoms with Crippen LogP contribution in [0.25, 0.3) is 11.0 Å². The predicted molar refractivity (Wildman–Crippen MR) is 119 cm³/mol. The SMILES string of the molecule is O=C1C(=O)N(CCCCn2cc(COc3cc(=O)oc4ccccc34)nn2)c2ccc(F)cc21. The highest BCUT2D eigenvalue weighted by atomic mass is 19.1. The van der Waals surface area contributed by atoms with E-state index < -0.39 is 23.1 Å². The first-order valence-corrected chi connectivity index (χ1v) is 10.7. The molecule has 1 aliphatic heterocycles. The van der Waals surface area contributed by atoms with Crippen molar-refractivity contribution in [1.82, 2.24) is 15.0 Å². The Bertz CT molecular complexity index is 1460. The molecule has 0 fully saturated rings. The Hall–Kier alpha value is -4.34. The second-order valence-electron chi connectivity index (χ2n) is 7.84. The summed E-state index contributed by atoms with van der Waals surface area (Å²) in [7, 11) is 0. The second-order valence-corrected chi connectivity index (χ2v) is 7.84. The fourth-order valence-corrected chi connectivity index (χ4v) is 3.91. The van der Waals surface area contributed by atoms with Crippen LogP contribution in [-0.2, 0) is 17.9 Å². The van der Waals surface area contributed by atoms with Gasteiger partial charge in [0.25, 0.3) is 11.7 Å². The molecule has 3 heterocycles. The molecule has 0 bridgehead atoms. The summed E-state index contributed by atoms with van der Waals surface area (Å²) in [6.45, 7) is 1.03. The van der Waals surface area contributed by atoms with Crippen LogP contribution in [0.5, 0.6) is 5.75 Å². The minimum Gasteiger partial charge on any atom is -0.486 e. The molecule has 1 amide bonds. The molecule has 0 aliphatic carbocycles. The maximum Gasteiger partial charge on any atom is 0.339 e. The molecule has 0 atom stereocenters. The number of carbonyl (C=O) groups is 2. The molecule has 0 N–H and O–H groups in total. The summed E-state index contributed by atoms with van der Waals surface area (Å²) >= 11 is 0. The van der Waals surface area contributed by atoms with Gasteiger partial charge in [-0.15, -0.1) is 5.10 Å². The van der Waals surface area contributed by atoms with Crippen molar-refractivity contribution in [3.05, 3.63) is 82.2 Å². The van der Waals surface area contributed by atoms with Crippen LogP contribution in [0, 0.1) is 5.82 Å². The average Bonchev–Trinajstić information content (AvgIpc) is 3.38. The number of amides is 1. The van der Waals surface area contributed by atoms with Gasteiger partial charge in [0.1, 0.15) is 29.5 Å². The van der Waals surface area contributed by atoms with E-state index in [0.29, 0.717) is 54.0 Å². The number of carbonyl (C=O) groups excluding carboxylic acids is 2. The number of Topliss-reactive ketones (excluding diaryl/α,β-unsaturated/α-hetero) is 1. The molecule has 1 aliphatic rings. The van der Waals surface area contributed by atoms with Gasteiger partial charge in [-0.2, -0.15) is 0 Å². The van der Waals surface area contributed by atoms with Gasteiger partial charge in [0.15, 0.2) is 0 Å². The maximum atomic E-state index is 13.4. The first kappa shape index (κ1) is 21.5. The zero-order chi connectivity index (χ0) is 23.7. The zero-order valence-corrected chi connectivity index (χ0v) is 17.9. The molecule has 34 heavy (non-hydrogen) atoms. The monoisotopic (exact) mass is 462 g/mol. The normalized spacial score (nSPS) is 13.0. The molecule has 0 saturated heterocycles. The van der Waals surface area contributed by atoms with Crippen molar-refractivity contribution >= 4 is 28.3 Å². The van der Waals surface area contributed by atoms with Gasteiger partial charge in [-0.25, -0.2) is 9.18 Å². The van der Waals surface area contributed by atoms with Gasteiger partial charge in [-0.1, -0.05) is 17.3 Å². The lowest BCUT2D eigenvalue weighted by Crippen LogP contribution is -2.30. The van der Waals surface area contributed by atoms with Crippen molar-refractivity contribution in [2.24, 2.45) is 0 Å². The van der Waals surface area contributed by atoms with Crippen LogP contribution >= 0.6 is 0 Å². The molecule has 2 aromatic heterocycles. The van der Waals surface area contributed by atoms with Gasteiger partial charge < -0.3 is 14.1 Å². The number of hydrogen-bond donors (Lipinski definition) is 0. The summed E-state index contributed by atoms with van der Waals surface area (Å²) in [6, 6.07) is 12.2. The average molecular weight is 462 g/mol.